The lowest BCUT2D eigenvalue weighted by Crippen LogP contribution is -2.50. The number of amides is 1. The van der Waals surface area contributed by atoms with Crippen LogP contribution in [0.2, 0.25) is 0 Å². The Morgan fingerprint density at radius 3 is 2.29 bits per heavy atom. The second-order valence-corrected chi connectivity index (χ2v) is 5.54. The van der Waals surface area contributed by atoms with Crippen molar-refractivity contribution in [2.75, 3.05) is 39.8 Å². The van der Waals surface area contributed by atoms with Crippen LogP contribution in [0.5, 0.6) is 0 Å². The maximum absolute atomic E-state index is 12.4. The molecule has 0 unspecified atom stereocenters. The molecule has 0 bridgehead atoms. The first-order valence-corrected chi connectivity index (χ1v) is 7.99. The summed E-state index contributed by atoms with van der Waals surface area (Å²) in [5.74, 6) is -0.186. The van der Waals surface area contributed by atoms with Gasteiger partial charge in [-0.25, -0.2) is 0 Å². The minimum absolute atomic E-state index is 0.0499. The summed E-state index contributed by atoms with van der Waals surface area (Å²) >= 11 is 3.39. The molecule has 1 aromatic rings. The number of esters is 1. The van der Waals surface area contributed by atoms with Crippen molar-refractivity contribution in [1.29, 1.82) is 0 Å². The third-order valence-electron chi connectivity index (χ3n) is 3.60. The largest absolute Gasteiger partial charge is 0.468 e. The van der Waals surface area contributed by atoms with Crippen LogP contribution in [0.4, 0.5) is 0 Å². The molecule has 2 rings (SSSR count). The second-order valence-electron chi connectivity index (χ2n) is 4.98. The minimum atomic E-state index is -0.236. The Morgan fingerprint density at radius 1 is 1.14 bits per heavy atom. The maximum atomic E-state index is 12.4. The van der Waals surface area contributed by atoms with E-state index < -0.39 is 0 Å². The summed E-state index contributed by atoms with van der Waals surface area (Å²) in [7, 11) is 1.39. The number of nitrogens with zero attached hydrogens (tertiary/aromatic N) is 2. The molecule has 0 aliphatic carbocycles. The molecule has 114 valence electrons. The summed E-state index contributed by atoms with van der Waals surface area (Å²) in [6, 6.07) is 7.63. The van der Waals surface area contributed by atoms with Crippen molar-refractivity contribution in [3.05, 3.63) is 35.4 Å². The van der Waals surface area contributed by atoms with Gasteiger partial charge in [0.15, 0.2) is 0 Å². The Labute approximate surface area is 133 Å². The fourth-order valence-electron chi connectivity index (χ4n) is 2.28. The lowest BCUT2D eigenvalue weighted by molar-refractivity contribution is -0.142. The first kappa shape index (κ1) is 16.0. The summed E-state index contributed by atoms with van der Waals surface area (Å²) in [5, 5.41) is 0.785. The summed E-state index contributed by atoms with van der Waals surface area (Å²) < 4.78 is 4.65. The van der Waals surface area contributed by atoms with E-state index in [1.165, 1.54) is 7.11 Å². The van der Waals surface area contributed by atoms with Gasteiger partial charge in [0, 0.05) is 37.1 Å². The topological polar surface area (TPSA) is 49.9 Å². The Balaban J connectivity index is 1.89. The first-order chi connectivity index (χ1) is 10.1. The zero-order valence-corrected chi connectivity index (χ0v) is 13.6. The summed E-state index contributed by atoms with van der Waals surface area (Å²) in [5.41, 5.74) is 1.86. The van der Waals surface area contributed by atoms with Gasteiger partial charge >= 0.3 is 5.97 Å². The highest BCUT2D eigenvalue weighted by Crippen LogP contribution is 2.12. The van der Waals surface area contributed by atoms with Gasteiger partial charge in [0.05, 0.1) is 13.7 Å². The molecule has 0 N–H and O–H groups in total. The van der Waals surface area contributed by atoms with E-state index in [4.69, 9.17) is 0 Å². The molecule has 5 nitrogen and oxygen atoms in total. The zero-order chi connectivity index (χ0) is 15.2. The number of benzene rings is 1. The first-order valence-electron chi connectivity index (χ1n) is 6.87. The number of hydrogen-bond acceptors (Lipinski definition) is 4. The average Bonchev–Trinajstić information content (AvgIpc) is 2.55. The molecule has 0 spiro atoms. The molecule has 1 aromatic carbocycles. The molecule has 1 aliphatic rings. The van der Waals surface area contributed by atoms with E-state index >= 15 is 0 Å². The molecule has 1 aliphatic heterocycles. The molecular weight excluding hydrogens is 336 g/mol. The fraction of sp³-hybridized carbons (Fsp3) is 0.467. The highest BCUT2D eigenvalue weighted by Gasteiger charge is 2.23. The molecule has 0 radical (unpaired) electrons. The number of alkyl halides is 1. The van der Waals surface area contributed by atoms with Gasteiger partial charge in [0.1, 0.15) is 0 Å². The molecule has 6 heteroatoms. The van der Waals surface area contributed by atoms with Crippen molar-refractivity contribution >= 4 is 27.8 Å². The van der Waals surface area contributed by atoms with Crippen LogP contribution < -0.4 is 0 Å². The lowest BCUT2D eigenvalue weighted by Gasteiger charge is -2.34. The van der Waals surface area contributed by atoms with Gasteiger partial charge in [0.25, 0.3) is 5.91 Å². The fourth-order valence-corrected chi connectivity index (χ4v) is 2.65. The third-order valence-corrected chi connectivity index (χ3v) is 4.24. The zero-order valence-electron chi connectivity index (χ0n) is 12.0. The number of rotatable bonds is 4. The van der Waals surface area contributed by atoms with Crippen LogP contribution in [0.25, 0.3) is 0 Å². The van der Waals surface area contributed by atoms with E-state index in [1.807, 2.05) is 34.1 Å². The highest BCUT2D eigenvalue weighted by molar-refractivity contribution is 9.08. The monoisotopic (exact) mass is 354 g/mol. The Morgan fingerprint density at radius 2 is 1.76 bits per heavy atom. The standard InChI is InChI=1S/C15H19BrN2O3/c1-21-14(19)11-17-6-8-18(9-7-17)15(20)13-4-2-12(10-16)3-5-13/h2-5H,6-11H2,1H3. The Hall–Kier alpha value is -1.40. The summed E-state index contributed by atoms with van der Waals surface area (Å²) in [4.78, 5) is 27.5. The van der Waals surface area contributed by atoms with Crippen molar-refractivity contribution in [2.24, 2.45) is 0 Å². The van der Waals surface area contributed by atoms with E-state index in [0.29, 0.717) is 38.3 Å². The highest BCUT2D eigenvalue weighted by atomic mass is 79.9. The Bertz CT molecular complexity index is 496. The molecule has 0 atom stereocenters. The summed E-state index contributed by atoms with van der Waals surface area (Å²) in [6.45, 7) is 2.95. The van der Waals surface area contributed by atoms with Gasteiger partial charge < -0.3 is 9.64 Å². The molecular formula is C15H19BrN2O3. The predicted molar refractivity (Wildman–Crippen MR) is 83.4 cm³/mol. The molecule has 0 saturated carbocycles. The van der Waals surface area contributed by atoms with Crippen LogP contribution in [0.15, 0.2) is 24.3 Å². The van der Waals surface area contributed by atoms with Gasteiger partial charge in [-0.1, -0.05) is 28.1 Å². The predicted octanol–water partition coefficient (Wildman–Crippen LogP) is 1.51. The van der Waals surface area contributed by atoms with Crippen LogP contribution in [0, 0.1) is 0 Å². The molecule has 1 amide bonds. The van der Waals surface area contributed by atoms with Crippen LogP contribution in [0.1, 0.15) is 15.9 Å². The second kappa shape index (κ2) is 7.56. The van der Waals surface area contributed by atoms with Gasteiger partial charge in [0.2, 0.25) is 0 Å². The molecule has 0 aromatic heterocycles. The van der Waals surface area contributed by atoms with E-state index in [9.17, 15) is 9.59 Å². The number of carbonyl (C=O) groups excluding carboxylic acids is 2. The van der Waals surface area contributed by atoms with E-state index in [2.05, 4.69) is 20.7 Å². The smallest absolute Gasteiger partial charge is 0.319 e. The molecule has 1 saturated heterocycles. The van der Waals surface area contributed by atoms with Crippen molar-refractivity contribution in [3.63, 3.8) is 0 Å². The van der Waals surface area contributed by atoms with Crippen LogP contribution >= 0.6 is 15.9 Å². The molecule has 1 heterocycles. The maximum Gasteiger partial charge on any atom is 0.319 e. The quantitative estimate of drug-likeness (QED) is 0.607. The summed E-state index contributed by atoms with van der Waals surface area (Å²) in [6.07, 6.45) is 0. The molecule has 1 fully saturated rings. The molecule has 21 heavy (non-hydrogen) atoms. The SMILES string of the molecule is COC(=O)CN1CCN(C(=O)c2ccc(CBr)cc2)CC1. The van der Waals surface area contributed by atoms with E-state index in [1.54, 1.807) is 0 Å². The number of carbonyl (C=O) groups is 2. The number of hydrogen-bond donors (Lipinski definition) is 0. The third kappa shape index (κ3) is 4.28. The minimum Gasteiger partial charge on any atom is -0.468 e. The van der Waals surface area contributed by atoms with E-state index in [-0.39, 0.29) is 11.9 Å². The van der Waals surface area contributed by atoms with Crippen molar-refractivity contribution < 1.29 is 14.3 Å². The number of piperazine rings is 1. The van der Waals surface area contributed by atoms with Crippen LogP contribution in [-0.2, 0) is 14.9 Å². The van der Waals surface area contributed by atoms with Crippen LogP contribution in [-0.4, -0.2) is 61.5 Å². The van der Waals surface area contributed by atoms with Crippen LogP contribution in [0.3, 0.4) is 0 Å². The number of methoxy groups -OCH3 is 1. The van der Waals surface area contributed by atoms with Crippen molar-refractivity contribution in [1.82, 2.24) is 9.80 Å². The van der Waals surface area contributed by atoms with Gasteiger partial charge in [-0.15, -0.1) is 0 Å². The normalized spacial score (nSPS) is 15.8. The lowest BCUT2D eigenvalue weighted by atomic mass is 10.1. The van der Waals surface area contributed by atoms with Gasteiger partial charge in [-0.05, 0) is 17.7 Å². The van der Waals surface area contributed by atoms with Crippen molar-refractivity contribution in [3.8, 4) is 0 Å². The van der Waals surface area contributed by atoms with E-state index in [0.717, 1.165) is 10.9 Å². The Kier molecular flexibility index (Phi) is 5.76. The van der Waals surface area contributed by atoms with Gasteiger partial charge in [-0.3, -0.25) is 14.5 Å². The average molecular weight is 355 g/mol. The van der Waals surface area contributed by atoms with Gasteiger partial charge in [-0.2, -0.15) is 0 Å². The number of halogens is 1. The number of ether oxygens (including phenoxy) is 1. The van der Waals surface area contributed by atoms with Crippen molar-refractivity contribution in [2.45, 2.75) is 5.33 Å².